The van der Waals surface area contributed by atoms with Crippen molar-refractivity contribution in [1.82, 2.24) is 0 Å². The van der Waals surface area contributed by atoms with Crippen molar-refractivity contribution >= 4 is 22.9 Å². The topological polar surface area (TPSA) is 12.5 Å². The summed E-state index contributed by atoms with van der Waals surface area (Å²) >= 11 is 5.22. The van der Waals surface area contributed by atoms with Gasteiger partial charge in [0.25, 0.3) is 0 Å². The Kier molecular flexibility index (Phi) is 5.42. The number of benzene rings is 1. The number of thiocarbonyl (C=S) groups is 1. The first-order valence-corrected chi connectivity index (χ1v) is 6.67. The number of rotatable bonds is 2. The Balaban J connectivity index is 0.000000686. The Bertz CT molecular complexity index is 390. The Hall–Kier alpha value is -1.09. The third kappa shape index (κ3) is 3.19. The molecule has 94 valence electrons. The molecule has 17 heavy (non-hydrogen) atoms. The molecule has 0 aromatic heterocycles. The molecular formula is C14H21NOS. The molecule has 1 aromatic rings. The molecule has 1 aromatic carbocycles. The molecule has 0 N–H and O–H groups in total. The van der Waals surface area contributed by atoms with E-state index in [-0.39, 0.29) is 0 Å². The molecule has 0 amide bonds. The van der Waals surface area contributed by atoms with E-state index in [4.69, 9.17) is 17.0 Å². The second-order valence-corrected chi connectivity index (χ2v) is 4.24. The van der Waals surface area contributed by atoms with Crippen molar-refractivity contribution in [3.63, 3.8) is 0 Å². The maximum atomic E-state index is 5.48. The normalized spacial score (nSPS) is 12.0. The maximum absolute atomic E-state index is 5.48. The van der Waals surface area contributed by atoms with Gasteiger partial charge in [0.05, 0.1) is 11.6 Å². The third-order valence-electron chi connectivity index (χ3n) is 2.68. The molecule has 0 saturated heterocycles. The zero-order valence-electron chi connectivity index (χ0n) is 11.1. The van der Waals surface area contributed by atoms with Gasteiger partial charge in [-0.05, 0) is 37.6 Å². The molecule has 3 heteroatoms. The van der Waals surface area contributed by atoms with Crippen LogP contribution in [-0.2, 0) is 6.42 Å². The highest BCUT2D eigenvalue weighted by Gasteiger charge is 2.14. The lowest BCUT2D eigenvalue weighted by Gasteiger charge is -2.22. The number of fused-ring (bicyclic) bond motifs is 1. The Labute approximate surface area is 110 Å². The molecule has 1 heterocycles. The van der Waals surface area contributed by atoms with E-state index in [0.29, 0.717) is 0 Å². The van der Waals surface area contributed by atoms with Crippen molar-refractivity contribution in [2.45, 2.75) is 34.1 Å². The summed E-state index contributed by atoms with van der Waals surface area (Å²) in [5, 5.41) is 0. The predicted octanol–water partition coefficient (Wildman–Crippen LogP) is 3.82. The molecule has 0 saturated carbocycles. The molecule has 0 radical (unpaired) electrons. The van der Waals surface area contributed by atoms with Crippen LogP contribution in [0, 0.1) is 0 Å². The van der Waals surface area contributed by atoms with Crippen molar-refractivity contribution in [2.75, 3.05) is 18.1 Å². The predicted molar refractivity (Wildman–Crippen MR) is 78.3 cm³/mol. The third-order valence-corrected chi connectivity index (χ3v) is 2.90. The summed E-state index contributed by atoms with van der Waals surface area (Å²) < 4.78 is 5.48. The molecule has 0 unspecified atom stereocenters. The van der Waals surface area contributed by atoms with Crippen LogP contribution < -0.4 is 9.64 Å². The lowest BCUT2D eigenvalue weighted by atomic mass is 10.1. The van der Waals surface area contributed by atoms with E-state index in [2.05, 4.69) is 24.0 Å². The number of hydrogen-bond acceptors (Lipinski definition) is 2. The van der Waals surface area contributed by atoms with Crippen molar-refractivity contribution in [1.29, 1.82) is 0 Å². The zero-order valence-corrected chi connectivity index (χ0v) is 11.9. The lowest BCUT2D eigenvalue weighted by Crippen LogP contribution is -2.26. The number of hydrogen-bond donors (Lipinski definition) is 0. The van der Waals surface area contributed by atoms with Gasteiger partial charge in [0.15, 0.2) is 0 Å². The Morgan fingerprint density at radius 3 is 2.71 bits per heavy atom. The molecule has 1 aliphatic rings. The van der Waals surface area contributed by atoms with Gasteiger partial charge in [0.1, 0.15) is 5.75 Å². The van der Waals surface area contributed by atoms with Crippen LogP contribution in [0.1, 0.15) is 33.3 Å². The highest BCUT2D eigenvalue weighted by molar-refractivity contribution is 7.80. The minimum Gasteiger partial charge on any atom is -0.493 e. The summed E-state index contributed by atoms with van der Waals surface area (Å²) in [5.41, 5.74) is 2.47. The van der Waals surface area contributed by atoms with E-state index in [1.54, 1.807) is 0 Å². The van der Waals surface area contributed by atoms with Crippen LogP contribution in [0.2, 0.25) is 0 Å². The Morgan fingerprint density at radius 1 is 1.41 bits per heavy atom. The first kappa shape index (κ1) is 14.0. The molecule has 0 bridgehead atoms. The van der Waals surface area contributed by atoms with E-state index in [9.17, 15) is 0 Å². The lowest BCUT2D eigenvalue weighted by molar-refractivity contribution is 0.357. The highest BCUT2D eigenvalue weighted by Crippen LogP contribution is 2.29. The van der Waals surface area contributed by atoms with Crippen molar-refractivity contribution < 1.29 is 4.74 Å². The van der Waals surface area contributed by atoms with Gasteiger partial charge < -0.3 is 9.64 Å². The van der Waals surface area contributed by atoms with Crippen LogP contribution in [0.15, 0.2) is 18.2 Å². The van der Waals surface area contributed by atoms with Crippen LogP contribution in [0.4, 0.5) is 5.69 Å². The van der Waals surface area contributed by atoms with Crippen molar-refractivity contribution in [3.05, 3.63) is 23.8 Å². The molecule has 0 aliphatic carbocycles. The van der Waals surface area contributed by atoms with Crippen LogP contribution >= 0.6 is 12.2 Å². The quantitative estimate of drug-likeness (QED) is 0.741. The molecular weight excluding hydrogens is 230 g/mol. The fraction of sp³-hybridized carbons (Fsp3) is 0.500. The van der Waals surface area contributed by atoms with Gasteiger partial charge in [-0.1, -0.05) is 26.1 Å². The molecule has 0 fully saturated rings. The van der Waals surface area contributed by atoms with Gasteiger partial charge in [-0.3, -0.25) is 0 Å². The number of ether oxygens (including phenoxy) is 1. The second kappa shape index (κ2) is 6.60. The largest absolute Gasteiger partial charge is 0.493 e. The van der Waals surface area contributed by atoms with E-state index in [0.717, 1.165) is 30.3 Å². The summed E-state index contributed by atoms with van der Waals surface area (Å²) in [5.74, 6) is 1.02. The maximum Gasteiger partial charge on any atom is 0.122 e. The summed E-state index contributed by atoms with van der Waals surface area (Å²) in [6, 6.07) is 6.30. The highest BCUT2D eigenvalue weighted by atomic mass is 32.1. The molecule has 2 rings (SSSR count). The minimum absolute atomic E-state index is 0.807. The van der Waals surface area contributed by atoms with Crippen LogP contribution in [0.25, 0.3) is 0 Å². The van der Waals surface area contributed by atoms with Gasteiger partial charge in [-0.2, -0.15) is 0 Å². The van der Waals surface area contributed by atoms with Crippen LogP contribution in [0.5, 0.6) is 5.75 Å². The van der Waals surface area contributed by atoms with E-state index < -0.39 is 0 Å². The van der Waals surface area contributed by atoms with Crippen LogP contribution in [-0.4, -0.2) is 18.1 Å². The van der Waals surface area contributed by atoms with Gasteiger partial charge in [0, 0.05) is 18.7 Å². The summed E-state index contributed by atoms with van der Waals surface area (Å²) in [4.78, 5) is 3.05. The minimum atomic E-state index is 0.807. The SMILES string of the molecule is CC.CCN(C(C)=S)c1ccc2c(c1)CCO2. The van der Waals surface area contributed by atoms with Crippen LogP contribution in [0.3, 0.4) is 0 Å². The van der Waals surface area contributed by atoms with Crippen molar-refractivity contribution in [3.8, 4) is 5.75 Å². The number of nitrogens with zero attached hydrogens (tertiary/aromatic N) is 1. The Morgan fingerprint density at radius 2 is 2.12 bits per heavy atom. The van der Waals surface area contributed by atoms with Gasteiger partial charge in [-0.25, -0.2) is 0 Å². The standard InChI is InChI=1S/C12H15NOS.C2H6/c1-3-13(9(2)15)11-4-5-12-10(8-11)6-7-14-12;1-2/h4-5,8H,3,6-7H2,1-2H3;1-2H3. The van der Waals surface area contributed by atoms with Gasteiger partial charge in [0.2, 0.25) is 0 Å². The molecule has 0 spiro atoms. The van der Waals surface area contributed by atoms with E-state index in [1.807, 2.05) is 26.8 Å². The molecule has 0 atom stereocenters. The zero-order chi connectivity index (χ0) is 12.8. The van der Waals surface area contributed by atoms with Gasteiger partial charge >= 0.3 is 0 Å². The molecule has 1 aliphatic heterocycles. The van der Waals surface area contributed by atoms with E-state index in [1.165, 1.54) is 11.3 Å². The number of anilines is 1. The average molecular weight is 251 g/mol. The summed E-state index contributed by atoms with van der Waals surface area (Å²) in [6.45, 7) is 9.79. The second-order valence-electron chi connectivity index (χ2n) is 3.65. The fourth-order valence-corrected chi connectivity index (χ4v) is 2.16. The smallest absolute Gasteiger partial charge is 0.122 e. The first-order valence-electron chi connectivity index (χ1n) is 6.26. The average Bonchev–Trinajstić information content (AvgIpc) is 2.79. The van der Waals surface area contributed by atoms with E-state index >= 15 is 0 Å². The first-order chi connectivity index (χ1) is 8.22. The van der Waals surface area contributed by atoms with Crippen molar-refractivity contribution in [2.24, 2.45) is 0 Å². The molecule has 2 nitrogen and oxygen atoms in total. The van der Waals surface area contributed by atoms with Gasteiger partial charge in [-0.15, -0.1) is 0 Å². The summed E-state index contributed by atoms with van der Waals surface area (Å²) in [6.07, 6.45) is 1.01. The fourth-order valence-electron chi connectivity index (χ4n) is 1.93. The summed E-state index contributed by atoms with van der Waals surface area (Å²) in [7, 11) is 0. The monoisotopic (exact) mass is 251 g/mol.